The maximum absolute atomic E-state index is 13.1. The first-order valence-electron chi connectivity index (χ1n) is 10.5. The number of nitrogens with one attached hydrogen (secondary N) is 2. The van der Waals surface area contributed by atoms with Crippen LogP contribution in [0, 0.1) is 0 Å². The Balaban J connectivity index is 1.48. The molecule has 0 spiro atoms. The van der Waals surface area contributed by atoms with E-state index in [9.17, 15) is 14.4 Å². The monoisotopic (exact) mass is 425 g/mol. The van der Waals surface area contributed by atoms with Crippen molar-refractivity contribution in [3.8, 4) is 0 Å². The van der Waals surface area contributed by atoms with E-state index < -0.39 is 6.04 Å². The van der Waals surface area contributed by atoms with Gasteiger partial charge in [0.2, 0.25) is 5.91 Å². The molecule has 2 heterocycles. The van der Waals surface area contributed by atoms with E-state index in [1.165, 1.54) is 28.8 Å². The molecule has 0 fully saturated rings. The average molecular weight is 426 g/mol. The Hall–Kier alpha value is -2.67. The van der Waals surface area contributed by atoms with Crippen LogP contribution in [-0.2, 0) is 30.6 Å². The van der Waals surface area contributed by atoms with Crippen LogP contribution in [0.25, 0.3) is 0 Å². The minimum absolute atomic E-state index is 0.0862. The highest BCUT2D eigenvalue weighted by molar-refractivity contribution is 7.14. The van der Waals surface area contributed by atoms with Gasteiger partial charge < -0.3 is 15.5 Å². The number of likely N-dealkylation sites (N-methyl/N-ethyl adjacent to an activating group) is 1. The number of amides is 3. The van der Waals surface area contributed by atoms with E-state index in [4.69, 9.17) is 0 Å². The molecule has 1 aromatic carbocycles. The Bertz CT molecular complexity index is 974. The fraction of sp³-hybridized carbons (Fsp3) is 0.435. The van der Waals surface area contributed by atoms with Gasteiger partial charge in [-0.15, -0.1) is 11.3 Å². The maximum Gasteiger partial charge on any atom is 0.264 e. The van der Waals surface area contributed by atoms with Crippen molar-refractivity contribution in [1.29, 1.82) is 0 Å². The first-order chi connectivity index (χ1) is 14.5. The van der Waals surface area contributed by atoms with Crippen molar-refractivity contribution in [2.75, 3.05) is 13.6 Å². The summed E-state index contributed by atoms with van der Waals surface area (Å²) >= 11 is 1.64. The number of rotatable bonds is 4. The Morgan fingerprint density at radius 1 is 1.03 bits per heavy atom. The molecule has 2 aromatic rings. The van der Waals surface area contributed by atoms with E-state index in [-0.39, 0.29) is 17.7 Å². The third-order valence-corrected chi connectivity index (χ3v) is 7.19. The summed E-state index contributed by atoms with van der Waals surface area (Å²) in [4.78, 5) is 41.4. The molecule has 1 aromatic heterocycles. The van der Waals surface area contributed by atoms with E-state index in [1.54, 1.807) is 31.4 Å². The molecule has 0 saturated heterocycles. The summed E-state index contributed by atoms with van der Waals surface area (Å²) in [6.07, 6.45) is 5.36. The molecule has 0 bridgehead atoms. The predicted molar refractivity (Wildman–Crippen MR) is 117 cm³/mol. The van der Waals surface area contributed by atoms with E-state index >= 15 is 0 Å². The zero-order valence-electron chi connectivity index (χ0n) is 17.4. The van der Waals surface area contributed by atoms with Crippen LogP contribution in [0.1, 0.15) is 61.4 Å². The highest BCUT2D eigenvalue weighted by Gasteiger charge is 2.26. The molecule has 2 aliphatic rings. The molecular weight excluding hydrogens is 398 g/mol. The Labute approximate surface area is 180 Å². The standard InChI is InChI=1S/C23H27N3O3S/c1-14(21(27)24-2)25-22(28)17-8-7-15-9-10-26(13-18(15)11-17)23(29)20-12-16-5-3-4-6-19(16)30-20/h7-8,11-12,14H,3-6,9-10,13H2,1-2H3,(H,24,27)(H,25,28)/t14-/m0/s1. The third kappa shape index (κ3) is 4.12. The van der Waals surface area contributed by atoms with Crippen LogP contribution in [0.15, 0.2) is 24.3 Å². The highest BCUT2D eigenvalue weighted by Crippen LogP contribution is 2.31. The number of hydrogen-bond donors (Lipinski definition) is 2. The van der Waals surface area contributed by atoms with Crippen molar-refractivity contribution >= 4 is 29.1 Å². The molecular formula is C23H27N3O3S. The number of benzene rings is 1. The number of thiophene rings is 1. The van der Waals surface area contributed by atoms with Gasteiger partial charge >= 0.3 is 0 Å². The zero-order chi connectivity index (χ0) is 21.3. The van der Waals surface area contributed by atoms with Crippen LogP contribution in [0.4, 0.5) is 0 Å². The molecule has 2 N–H and O–H groups in total. The first kappa shape index (κ1) is 20.6. The molecule has 4 rings (SSSR count). The van der Waals surface area contributed by atoms with Crippen LogP contribution < -0.4 is 10.6 Å². The molecule has 1 atom stereocenters. The second-order valence-corrected chi connectivity index (χ2v) is 9.17. The molecule has 158 valence electrons. The summed E-state index contributed by atoms with van der Waals surface area (Å²) in [5.41, 5.74) is 4.01. The van der Waals surface area contributed by atoms with Gasteiger partial charge in [-0.3, -0.25) is 14.4 Å². The van der Waals surface area contributed by atoms with Gasteiger partial charge in [0.25, 0.3) is 11.8 Å². The molecule has 1 aliphatic heterocycles. The SMILES string of the molecule is CNC(=O)[C@H](C)NC(=O)c1ccc2c(c1)CN(C(=O)c1cc3c(s1)CCCC3)CC2. The summed E-state index contributed by atoms with van der Waals surface area (Å²) in [6.45, 7) is 2.84. The van der Waals surface area contributed by atoms with Crippen LogP contribution in [-0.4, -0.2) is 42.3 Å². The lowest BCUT2D eigenvalue weighted by Crippen LogP contribution is -2.43. The van der Waals surface area contributed by atoms with Gasteiger partial charge in [-0.25, -0.2) is 0 Å². The van der Waals surface area contributed by atoms with Crippen molar-refractivity contribution in [2.24, 2.45) is 0 Å². The summed E-state index contributed by atoms with van der Waals surface area (Å²) in [5, 5.41) is 5.24. The van der Waals surface area contributed by atoms with Gasteiger partial charge in [-0.2, -0.15) is 0 Å². The van der Waals surface area contributed by atoms with Crippen molar-refractivity contribution in [2.45, 2.75) is 51.6 Å². The van der Waals surface area contributed by atoms with Gasteiger partial charge in [0.05, 0.1) is 4.88 Å². The van der Waals surface area contributed by atoms with Gasteiger partial charge in [0.1, 0.15) is 6.04 Å². The van der Waals surface area contributed by atoms with Crippen LogP contribution in [0.5, 0.6) is 0 Å². The van der Waals surface area contributed by atoms with E-state index in [1.807, 2.05) is 17.0 Å². The van der Waals surface area contributed by atoms with Gasteiger partial charge in [-0.05, 0) is 73.9 Å². The lowest BCUT2D eigenvalue weighted by Gasteiger charge is -2.29. The number of fused-ring (bicyclic) bond motifs is 2. The first-order valence-corrected chi connectivity index (χ1v) is 11.3. The molecule has 0 unspecified atom stereocenters. The summed E-state index contributed by atoms with van der Waals surface area (Å²) in [7, 11) is 1.54. The molecule has 0 saturated carbocycles. The second-order valence-electron chi connectivity index (χ2n) is 8.04. The largest absolute Gasteiger partial charge is 0.357 e. The molecule has 3 amide bonds. The number of aryl methyl sites for hydroxylation is 2. The van der Waals surface area contributed by atoms with Gasteiger partial charge in [-0.1, -0.05) is 6.07 Å². The van der Waals surface area contributed by atoms with Crippen LogP contribution in [0.2, 0.25) is 0 Å². The van der Waals surface area contributed by atoms with E-state index in [0.29, 0.717) is 18.7 Å². The summed E-state index contributed by atoms with van der Waals surface area (Å²) in [5.74, 6) is -0.442. The number of hydrogen-bond acceptors (Lipinski definition) is 4. The number of nitrogens with zero attached hydrogens (tertiary/aromatic N) is 1. The van der Waals surface area contributed by atoms with Crippen LogP contribution in [0.3, 0.4) is 0 Å². The lowest BCUT2D eigenvalue weighted by molar-refractivity contribution is -0.122. The Kier molecular flexibility index (Phi) is 5.90. The maximum atomic E-state index is 13.1. The zero-order valence-corrected chi connectivity index (χ0v) is 18.2. The Morgan fingerprint density at radius 3 is 2.60 bits per heavy atom. The molecule has 6 nitrogen and oxygen atoms in total. The minimum atomic E-state index is -0.610. The van der Waals surface area contributed by atoms with E-state index in [0.717, 1.165) is 29.7 Å². The number of carbonyl (C=O) groups is 3. The predicted octanol–water partition coefficient (Wildman–Crippen LogP) is 2.69. The minimum Gasteiger partial charge on any atom is -0.357 e. The molecule has 30 heavy (non-hydrogen) atoms. The van der Waals surface area contributed by atoms with Gasteiger partial charge in [0, 0.05) is 30.6 Å². The summed E-state index contributed by atoms with van der Waals surface area (Å²) < 4.78 is 0. The van der Waals surface area contributed by atoms with Crippen molar-refractivity contribution < 1.29 is 14.4 Å². The topological polar surface area (TPSA) is 78.5 Å². The quantitative estimate of drug-likeness (QED) is 0.791. The van der Waals surface area contributed by atoms with E-state index in [2.05, 4.69) is 16.7 Å². The second kappa shape index (κ2) is 8.60. The van der Waals surface area contributed by atoms with Crippen molar-refractivity contribution in [3.05, 3.63) is 56.3 Å². The van der Waals surface area contributed by atoms with Crippen molar-refractivity contribution in [3.63, 3.8) is 0 Å². The molecule has 0 radical (unpaired) electrons. The van der Waals surface area contributed by atoms with Crippen LogP contribution >= 0.6 is 11.3 Å². The third-order valence-electron chi connectivity index (χ3n) is 5.96. The van der Waals surface area contributed by atoms with Gasteiger partial charge in [0.15, 0.2) is 0 Å². The molecule has 7 heteroatoms. The van der Waals surface area contributed by atoms with Crippen molar-refractivity contribution in [1.82, 2.24) is 15.5 Å². The number of carbonyl (C=O) groups excluding carboxylic acids is 3. The Morgan fingerprint density at radius 2 is 1.83 bits per heavy atom. The summed E-state index contributed by atoms with van der Waals surface area (Å²) in [6, 6.07) is 7.07. The average Bonchev–Trinajstić information content (AvgIpc) is 3.21. The fourth-order valence-corrected chi connectivity index (χ4v) is 5.41. The fourth-order valence-electron chi connectivity index (χ4n) is 4.19. The normalized spacial score (nSPS) is 16.3. The molecule has 1 aliphatic carbocycles. The highest BCUT2D eigenvalue weighted by atomic mass is 32.1. The smallest absolute Gasteiger partial charge is 0.264 e. The lowest BCUT2D eigenvalue weighted by atomic mass is 9.96.